The summed E-state index contributed by atoms with van der Waals surface area (Å²) >= 11 is 0. The number of nitrogens with one attached hydrogen (secondary N) is 1. The van der Waals surface area contributed by atoms with Crippen molar-refractivity contribution in [1.82, 2.24) is 9.97 Å². The van der Waals surface area contributed by atoms with Crippen LogP contribution < -0.4 is 20.5 Å². The maximum absolute atomic E-state index is 9.25. The van der Waals surface area contributed by atoms with Crippen LogP contribution in [0.1, 0.15) is 30.9 Å². The van der Waals surface area contributed by atoms with Crippen LogP contribution >= 0.6 is 0 Å². The summed E-state index contributed by atoms with van der Waals surface area (Å²) in [5, 5.41) is 12.1. The molecule has 0 fully saturated rings. The van der Waals surface area contributed by atoms with E-state index in [0.717, 1.165) is 5.56 Å². The molecule has 0 saturated heterocycles. The van der Waals surface area contributed by atoms with Crippen LogP contribution in [0.25, 0.3) is 0 Å². The Balaban J connectivity index is 2.48. The summed E-state index contributed by atoms with van der Waals surface area (Å²) < 4.78 is 11.1. The Bertz CT molecular complexity index is 753. The maximum Gasteiger partial charge on any atom is 0.224 e. The van der Waals surface area contributed by atoms with E-state index in [0.29, 0.717) is 28.8 Å². The largest absolute Gasteiger partial charge is 0.495 e. The summed E-state index contributed by atoms with van der Waals surface area (Å²) in [6.07, 6.45) is 1.49. The van der Waals surface area contributed by atoms with E-state index < -0.39 is 0 Å². The number of nitrogen functional groups attached to an aromatic ring is 1. The third kappa shape index (κ3) is 3.43. The zero-order chi connectivity index (χ0) is 17.0. The Hall–Kier alpha value is -3.01. The van der Waals surface area contributed by atoms with Gasteiger partial charge < -0.3 is 20.5 Å². The van der Waals surface area contributed by atoms with Gasteiger partial charge >= 0.3 is 0 Å². The van der Waals surface area contributed by atoms with Gasteiger partial charge in [0.25, 0.3) is 0 Å². The molecule has 1 heterocycles. The molecule has 0 atom stereocenters. The Morgan fingerprint density at radius 2 is 2.00 bits per heavy atom. The van der Waals surface area contributed by atoms with Gasteiger partial charge in [-0.25, -0.2) is 4.98 Å². The van der Waals surface area contributed by atoms with Crippen LogP contribution in [0.4, 0.5) is 11.8 Å². The monoisotopic (exact) mass is 313 g/mol. The number of hydrogen-bond donors (Lipinski definition) is 2. The predicted octanol–water partition coefficient (Wildman–Crippen LogP) is 2.90. The molecule has 120 valence electrons. The number of ether oxygens (including phenoxy) is 2. The number of hydrogen-bond acceptors (Lipinski definition) is 7. The standard InChI is InChI=1S/C16H19N5O2/c1-9(2)11-6-12(22-4)10(7-17)5-13(11)23-14-8-20-16(19-3)21-15(14)18/h5-6,8-9H,1-4H3,(H3,18,19,20,21). The van der Waals surface area contributed by atoms with E-state index in [9.17, 15) is 5.26 Å². The molecule has 0 aliphatic carbocycles. The second-order valence-corrected chi connectivity index (χ2v) is 5.15. The van der Waals surface area contributed by atoms with Gasteiger partial charge in [0.05, 0.1) is 18.9 Å². The van der Waals surface area contributed by atoms with Crippen LogP contribution in [0.2, 0.25) is 0 Å². The summed E-state index contributed by atoms with van der Waals surface area (Å²) in [4.78, 5) is 8.17. The number of nitrogens with zero attached hydrogens (tertiary/aromatic N) is 3. The molecule has 1 aromatic carbocycles. The van der Waals surface area contributed by atoms with Gasteiger partial charge in [-0.05, 0) is 12.0 Å². The first-order valence-electron chi connectivity index (χ1n) is 7.10. The van der Waals surface area contributed by atoms with Crippen molar-refractivity contribution in [3.05, 3.63) is 29.5 Å². The van der Waals surface area contributed by atoms with Crippen molar-refractivity contribution in [2.45, 2.75) is 19.8 Å². The van der Waals surface area contributed by atoms with Crippen LogP contribution in [0, 0.1) is 11.3 Å². The van der Waals surface area contributed by atoms with Crippen LogP contribution in [0.5, 0.6) is 17.2 Å². The van der Waals surface area contributed by atoms with E-state index in [1.165, 1.54) is 13.3 Å². The highest BCUT2D eigenvalue weighted by atomic mass is 16.5. The second kappa shape index (κ2) is 6.83. The van der Waals surface area contributed by atoms with Crippen molar-refractivity contribution in [1.29, 1.82) is 5.26 Å². The molecule has 0 spiro atoms. The molecule has 2 rings (SSSR count). The van der Waals surface area contributed by atoms with Crippen molar-refractivity contribution in [2.24, 2.45) is 0 Å². The van der Waals surface area contributed by atoms with E-state index in [4.69, 9.17) is 15.2 Å². The first-order chi connectivity index (χ1) is 11.0. The predicted molar refractivity (Wildman–Crippen MR) is 87.9 cm³/mol. The fourth-order valence-corrected chi connectivity index (χ4v) is 2.07. The van der Waals surface area contributed by atoms with Gasteiger partial charge in [0.15, 0.2) is 11.6 Å². The normalized spacial score (nSPS) is 10.3. The number of nitriles is 1. The van der Waals surface area contributed by atoms with E-state index in [-0.39, 0.29) is 11.7 Å². The van der Waals surface area contributed by atoms with Crippen molar-refractivity contribution in [3.8, 4) is 23.3 Å². The summed E-state index contributed by atoms with van der Waals surface area (Å²) in [5.74, 6) is 2.17. The number of anilines is 2. The van der Waals surface area contributed by atoms with Crippen LogP contribution in [0.15, 0.2) is 18.3 Å². The molecule has 1 aromatic heterocycles. The van der Waals surface area contributed by atoms with E-state index in [1.807, 2.05) is 13.8 Å². The van der Waals surface area contributed by atoms with Gasteiger partial charge in [0, 0.05) is 18.7 Å². The SMILES string of the molecule is CNc1ncc(Oc2cc(C#N)c(OC)cc2C(C)C)c(N)n1. The Kier molecular flexibility index (Phi) is 4.86. The molecule has 0 saturated carbocycles. The molecular weight excluding hydrogens is 294 g/mol. The second-order valence-electron chi connectivity index (χ2n) is 5.15. The molecule has 3 N–H and O–H groups in total. The molecule has 0 unspecified atom stereocenters. The fraction of sp³-hybridized carbons (Fsp3) is 0.312. The highest BCUT2D eigenvalue weighted by Crippen LogP contribution is 2.37. The summed E-state index contributed by atoms with van der Waals surface area (Å²) in [6.45, 7) is 4.05. The Labute approximate surface area is 135 Å². The van der Waals surface area contributed by atoms with Crippen molar-refractivity contribution >= 4 is 11.8 Å². The van der Waals surface area contributed by atoms with Crippen LogP contribution in [-0.2, 0) is 0 Å². The Morgan fingerprint density at radius 3 is 2.52 bits per heavy atom. The number of aromatic nitrogens is 2. The van der Waals surface area contributed by atoms with Crippen molar-refractivity contribution in [3.63, 3.8) is 0 Å². The lowest BCUT2D eigenvalue weighted by Gasteiger charge is -2.16. The molecule has 0 bridgehead atoms. The Morgan fingerprint density at radius 1 is 1.26 bits per heavy atom. The van der Waals surface area contributed by atoms with Gasteiger partial charge in [-0.2, -0.15) is 10.2 Å². The molecule has 0 aliphatic rings. The topological polar surface area (TPSA) is 106 Å². The first kappa shape index (κ1) is 16.4. The third-order valence-electron chi connectivity index (χ3n) is 3.30. The highest BCUT2D eigenvalue weighted by Gasteiger charge is 2.16. The fourth-order valence-electron chi connectivity index (χ4n) is 2.07. The number of methoxy groups -OCH3 is 1. The number of rotatable bonds is 5. The molecular formula is C16H19N5O2. The van der Waals surface area contributed by atoms with Crippen molar-refractivity contribution in [2.75, 3.05) is 25.2 Å². The minimum Gasteiger partial charge on any atom is -0.495 e. The molecule has 23 heavy (non-hydrogen) atoms. The smallest absolute Gasteiger partial charge is 0.224 e. The lowest BCUT2D eigenvalue weighted by Crippen LogP contribution is -2.03. The first-order valence-corrected chi connectivity index (χ1v) is 7.10. The van der Waals surface area contributed by atoms with Gasteiger partial charge in [-0.15, -0.1) is 0 Å². The maximum atomic E-state index is 9.25. The molecule has 0 radical (unpaired) electrons. The lowest BCUT2D eigenvalue weighted by molar-refractivity contribution is 0.409. The third-order valence-corrected chi connectivity index (χ3v) is 3.30. The van der Waals surface area contributed by atoms with Gasteiger partial charge in [-0.1, -0.05) is 13.8 Å². The highest BCUT2D eigenvalue weighted by molar-refractivity contribution is 5.56. The zero-order valence-corrected chi connectivity index (χ0v) is 13.5. The van der Waals surface area contributed by atoms with Gasteiger partial charge in [0.1, 0.15) is 17.6 Å². The molecule has 0 amide bonds. The quantitative estimate of drug-likeness (QED) is 0.874. The van der Waals surface area contributed by atoms with E-state index >= 15 is 0 Å². The minimum absolute atomic E-state index is 0.172. The van der Waals surface area contributed by atoms with Gasteiger partial charge in [0.2, 0.25) is 5.95 Å². The molecule has 7 nitrogen and oxygen atoms in total. The van der Waals surface area contributed by atoms with Crippen LogP contribution in [-0.4, -0.2) is 24.1 Å². The number of nitrogens with two attached hydrogens (primary N) is 1. The molecule has 7 heteroatoms. The van der Waals surface area contributed by atoms with Crippen LogP contribution in [0.3, 0.4) is 0 Å². The average Bonchev–Trinajstić information content (AvgIpc) is 2.55. The van der Waals surface area contributed by atoms with Gasteiger partial charge in [-0.3, -0.25) is 0 Å². The zero-order valence-electron chi connectivity index (χ0n) is 13.5. The average molecular weight is 313 g/mol. The summed E-state index contributed by atoms with van der Waals surface area (Å²) in [5.41, 5.74) is 7.18. The van der Waals surface area contributed by atoms with E-state index in [1.54, 1.807) is 19.2 Å². The number of benzene rings is 1. The van der Waals surface area contributed by atoms with Crippen molar-refractivity contribution < 1.29 is 9.47 Å². The summed E-state index contributed by atoms with van der Waals surface area (Å²) in [7, 11) is 3.23. The molecule has 2 aromatic rings. The summed E-state index contributed by atoms with van der Waals surface area (Å²) in [6, 6.07) is 5.54. The molecule has 0 aliphatic heterocycles. The van der Waals surface area contributed by atoms with E-state index in [2.05, 4.69) is 21.4 Å². The lowest BCUT2D eigenvalue weighted by atomic mass is 9.99. The minimum atomic E-state index is 0.172.